The molecule has 1 aliphatic heterocycles. The van der Waals surface area contributed by atoms with Crippen LogP contribution in [-0.4, -0.2) is 48.6 Å². The maximum atomic E-state index is 12.2. The van der Waals surface area contributed by atoms with Crippen LogP contribution in [0.15, 0.2) is 0 Å². The second kappa shape index (κ2) is 8.63. The van der Waals surface area contributed by atoms with E-state index in [1.54, 1.807) is 0 Å². The van der Waals surface area contributed by atoms with E-state index in [1.165, 1.54) is 12.8 Å². The summed E-state index contributed by atoms with van der Waals surface area (Å²) in [6.45, 7) is 13.7. The first kappa shape index (κ1) is 17.4. The van der Waals surface area contributed by atoms with E-state index < -0.39 is 0 Å². The topological polar surface area (TPSA) is 44.4 Å². The molecule has 118 valence electrons. The van der Waals surface area contributed by atoms with Crippen molar-refractivity contribution in [1.82, 2.24) is 15.5 Å². The van der Waals surface area contributed by atoms with Crippen LogP contribution in [0.3, 0.4) is 0 Å². The highest BCUT2D eigenvalue weighted by molar-refractivity contribution is 5.81. The van der Waals surface area contributed by atoms with Crippen molar-refractivity contribution in [2.45, 2.75) is 72.0 Å². The molecule has 1 aliphatic rings. The molecule has 0 aromatic carbocycles. The zero-order valence-corrected chi connectivity index (χ0v) is 13.9. The Morgan fingerprint density at radius 2 is 1.80 bits per heavy atom. The van der Waals surface area contributed by atoms with Gasteiger partial charge < -0.3 is 10.6 Å². The Balaban J connectivity index is 2.38. The molecule has 0 spiro atoms. The molecule has 0 saturated carbocycles. The molecule has 1 heterocycles. The van der Waals surface area contributed by atoms with Gasteiger partial charge in [-0.2, -0.15) is 0 Å². The van der Waals surface area contributed by atoms with Gasteiger partial charge in [0.1, 0.15) is 0 Å². The van der Waals surface area contributed by atoms with Gasteiger partial charge in [-0.3, -0.25) is 9.69 Å². The van der Waals surface area contributed by atoms with Crippen molar-refractivity contribution in [3.05, 3.63) is 0 Å². The molecule has 0 aliphatic carbocycles. The quantitative estimate of drug-likeness (QED) is 0.751. The minimum atomic E-state index is -0.000564. The van der Waals surface area contributed by atoms with Gasteiger partial charge in [0, 0.05) is 12.1 Å². The Labute approximate surface area is 124 Å². The monoisotopic (exact) mass is 283 g/mol. The lowest BCUT2D eigenvalue weighted by atomic mass is 9.89. The number of nitrogens with zero attached hydrogens (tertiary/aromatic N) is 1. The van der Waals surface area contributed by atoms with Gasteiger partial charge in [0.2, 0.25) is 5.91 Å². The molecule has 3 atom stereocenters. The van der Waals surface area contributed by atoms with E-state index >= 15 is 0 Å². The Kier molecular flexibility index (Phi) is 7.52. The number of amides is 1. The van der Waals surface area contributed by atoms with E-state index in [2.05, 4.69) is 43.2 Å². The van der Waals surface area contributed by atoms with Crippen molar-refractivity contribution in [2.24, 2.45) is 5.92 Å². The summed E-state index contributed by atoms with van der Waals surface area (Å²) in [5.41, 5.74) is 0. The van der Waals surface area contributed by atoms with Crippen LogP contribution in [0.1, 0.15) is 53.9 Å². The van der Waals surface area contributed by atoms with E-state index in [0.717, 1.165) is 32.0 Å². The predicted molar refractivity (Wildman–Crippen MR) is 84.8 cm³/mol. The fourth-order valence-electron chi connectivity index (χ4n) is 2.93. The first-order valence-corrected chi connectivity index (χ1v) is 8.27. The number of piperidine rings is 1. The first-order chi connectivity index (χ1) is 9.49. The van der Waals surface area contributed by atoms with Gasteiger partial charge in [-0.05, 0) is 65.6 Å². The average molecular weight is 283 g/mol. The third-order valence-electron chi connectivity index (χ3n) is 4.74. The molecule has 3 unspecified atom stereocenters. The van der Waals surface area contributed by atoms with Gasteiger partial charge in [0.05, 0.1) is 6.04 Å². The van der Waals surface area contributed by atoms with Crippen LogP contribution in [0.5, 0.6) is 0 Å². The molecular formula is C16H33N3O. The molecule has 0 bridgehead atoms. The number of hydrogen-bond acceptors (Lipinski definition) is 3. The highest BCUT2D eigenvalue weighted by atomic mass is 16.2. The summed E-state index contributed by atoms with van der Waals surface area (Å²) in [5.74, 6) is 0.925. The molecule has 0 aromatic heterocycles. The summed E-state index contributed by atoms with van der Waals surface area (Å²) < 4.78 is 0. The number of carbonyl (C=O) groups is 1. The molecule has 4 heteroatoms. The van der Waals surface area contributed by atoms with Crippen molar-refractivity contribution < 1.29 is 4.79 Å². The molecule has 0 aromatic rings. The molecule has 4 nitrogen and oxygen atoms in total. The Morgan fingerprint density at radius 3 is 2.30 bits per heavy atom. The lowest BCUT2D eigenvalue weighted by Gasteiger charge is -2.37. The molecule has 1 fully saturated rings. The smallest absolute Gasteiger partial charge is 0.237 e. The number of hydrogen-bond donors (Lipinski definition) is 2. The number of nitrogens with one attached hydrogen (secondary N) is 2. The lowest BCUT2D eigenvalue weighted by Crippen LogP contribution is -2.51. The summed E-state index contributed by atoms with van der Waals surface area (Å²) in [5, 5.41) is 6.61. The fourth-order valence-corrected chi connectivity index (χ4v) is 2.93. The molecule has 2 N–H and O–H groups in total. The third-order valence-corrected chi connectivity index (χ3v) is 4.74. The fraction of sp³-hybridized carbons (Fsp3) is 0.938. The highest BCUT2D eigenvalue weighted by Gasteiger charge is 2.28. The maximum absolute atomic E-state index is 12.2. The molecule has 1 rings (SSSR count). The third kappa shape index (κ3) is 5.06. The van der Waals surface area contributed by atoms with Crippen LogP contribution in [0.25, 0.3) is 0 Å². The van der Waals surface area contributed by atoms with Gasteiger partial charge in [-0.1, -0.05) is 13.8 Å². The molecule has 1 saturated heterocycles. The SMILES string of the molecule is CCNC(C)C1CCN(C(C)C(=O)NC(C)CC)CC1. The zero-order chi connectivity index (χ0) is 15.1. The average Bonchev–Trinajstić information content (AvgIpc) is 2.46. The predicted octanol–water partition coefficient (Wildman–Crippen LogP) is 2.00. The Hall–Kier alpha value is -0.610. The summed E-state index contributed by atoms with van der Waals surface area (Å²) in [6, 6.07) is 0.863. The minimum absolute atomic E-state index is 0.000564. The lowest BCUT2D eigenvalue weighted by molar-refractivity contribution is -0.127. The Morgan fingerprint density at radius 1 is 1.20 bits per heavy atom. The molecule has 1 amide bonds. The van der Waals surface area contributed by atoms with Crippen molar-refractivity contribution in [1.29, 1.82) is 0 Å². The first-order valence-electron chi connectivity index (χ1n) is 8.27. The van der Waals surface area contributed by atoms with Crippen LogP contribution in [0, 0.1) is 5.92 Å². The Bertz CT molecular complexity index is 287. The van der Waals surface area contributed by atoms with Gasteiger partial charge in [-0.25, -0.2) is 0 Å². The summed E-state index contributed by atoms with van der Waals surface area (Å²) >= 11 is 0. The number of likely N-dealkylation sites (tertiary alicyclic amines) is 1. The summed E-state index contributed by atoms with van der Waals surface area (Å²) in [4.78, 5) is 14.5. The second-order valence-corrected chi connectivity index (χ2v) is 6.21. The van der Waals surface area contributed by atoms with Crippen molar-refractivity contribution in [2.75, 3.05) is 19.6 Å². The highest BCUT2D eigenvalue weighted by Crippen LogP contribution is 2.22. The molecule has 0 radical (unpaired) electrons. The molecule has 20 heavy (non-hydrogen) atoms. The standard InChI is InChI=1S/C16H33N3O/c1-6-12(3)18-16(20)14(5)19-10-8-15(9-11-19)13(4)17-7-2/h12-15,17H,6-11H2,1-5H3,(H,18,20). The largest absolute Gasteiger partial charge is 0.352 e. The van der Waals surface area contributed by atoms with Crippen LogP contribution in [0.4, 0.5) is 0 Å². The van der Waals surface area contributed by atoms with Gasteiger partial charge in [0.25, 0.3) is 0 Å². The van der Waals surface area contributed by atoms with Crippen LogP contribution >= 0.6 is 0 Å². The van der Waals surface area contributed by atoms with E-state index in [1.807, 2.05) is 6.92 Å². The van der Waals surface area contributed by atoms with Crippen molar-refractivity contribution in [3.63, 3.8) is 0 Å². The van der Waals surface area contributed by atoms with E-state index in [9.17, 15) is 4.79 Å². The van der Waals surface area contributed by atoms with Gasteiger partial charge in [0.15, 0.2) is 0 Å². The van der Waals surface area contributed by atoms with Gasteiger partial charge >= 0.3 is 0 Å². The van der Waals surface area contributed by atoms with E-state index in [4.69, 9.17) is 0 Å². The number of carbonyl (C=O) groups excluding carboxylic acids is 1. The van der Waals surface area contributed by atoms with E-state index in [-0.39, 0.29) is 18.0 Å². The van der Waals surface area contributed by atoms with Crippen LogP contribution < -0.4 is 10.6 Å². The van der Waals surface area contributed by atoms with Crippen molar-refractivity contribution in [3.8, 4) is 0 Å². The normalized spacial score (nSPS) is 22.2. The van der Waals surface area contributed by atoms with Crippen molar-refractivity contribution >= 4 is 5.91 Å². The minimum Gasteiger partial charge on any atom is -0.352 e. The van der Waals surface area contributed by atoms with Crippen LogP contribution in [0.2, 0.25) is 0 Å². The van der Waals surface area contributed by atoms with Crippen LogP contribution in [-0.2, 0) is 4.79 Å². The summed E-state index contributed by atoms with van der Waals surface area (Å²) in [6.07, 6.45) is 3.37. The summed E-state index contributed by atoms with van der Waals surface area (Å²) in [7, 11) is 0. The van der Waals surface area contributed by atoms with E-state index in [0.29, 0.717) is 6.04 Å². The maximum Gasteiger partial charge on any atom is 0.237 e. The molecular weight excluding hydrogens is 250 g/mol. The number of rotatable bonds is 7. The second-order valence-electron chi connectivity index (χ2n) is 6.21. The zero-order valence-electron chi connectivity index (χ0n) is 13.9. The van der Waals surface area contributed by atoms with Gasteiger partial charge in [-0.15, -0.1) is 0 Å².